The number of hydrogen-bond acceptors (Lipinski definition) is 9. The number of hydrogen-bond donors (Lipinski definition) is 0. The zero-order chi connectivity index (χ0) is 23.5. The minimum atomic E-state index is 0.747. The topological polar surface area (TPSA) is 86.2 Å². The molecule has 11 heteroatoms. The Kier molecular flexibility index (Phi) is 4.62. The molecule has 0 amide bonds. The van der Waals surface area contributed by atoms with E-state index in [9.17, 15) is 0 Å². The molecule has 8 nitrogen and oxygen atoms in total. The van der Waals surface area contributed by atoms with Crippen molar-refractivity contribution in [1.29, 1.82) is 0 Å². The largest absolute Gasteiger partial charge is 0.235 e. The number of aryl methyl sites for hydroxylation is 2. The summed E-state index contributed by atoms with van der Waals surface area (Å²) in [6, 6.07) is 20.6. The number of nitrogens with zero attached hydrogens (tertiary/aromatic N) is 8. The molecule has 5 aromatic heterocycles. The molecule has 0 aliphatic rings. The average molecular weight is 513 g/mol. The molecule has 0 atom stereocenters. The van der Waals surface area contributed by atoms with Gasteiger partial charge in [0.1, 0.15) is 0 Å². The quantitative estimate of drug-likeness (QED) is 0.286. The highest BCUT2D eigenvalue weighted by atomic mass is 32.1. The van der Waals surface area contributed by atoms with Crippen molar-refractivity contribution in [3.63, 3.8) is 0 Å². The third-order valence-electron chi connectivity index (χ3n) is 5.63. The van der Waals surface area contributed by atoms with Crippen LogP contribution < -0.4 is 0 Å². The van der Waals surface area contributed by atoms with Crippen LogP contribution in [0.3, 0.4) is 0 Å². The van der Waals surface area contributed by atoms with Crippen LogP contribution in [0.2, 0.25) is 0 Å². The number of thiophene rings is 1. The second kappa shape index (κ2) is 7.87. The van der Waals surface area contributed by atoms with Gasteiger partial charge in [-0.1, -0.05) is 82.3 Å². The lowest BCUT2D eigenvalue weighted by Crippen LogP contribution is -1.90. The van der Waals surface area contributed by atoms with Crippen LogP contribution in [-0.2, 0) is 0 Å². The van der Waals surface area contributed by atoms with Gasteiger partial charge in [0.15, 0.2) is 21.7 Å². The van der Waals surface area contributed by atoms with E-state index in [1.165, 1.54) is 33.8 Å². The Balaban J connectivity index is 1.23. The first-order valence-corrected chi connectivity index (χ1v) is 13.3. The summed E-state index contributed by atoms with van der Waals surface area (Å²) >= 11 is 4.71. The van der Waals surface area contributed by atoms with Gasteiger partial charge in [0, 0.05) is 11.1 Å². The maximum absolute atomic E-state index is 4.82. The molecule has 0 spiro atoms. The van der Waals surface area contributed by atoms with E-state index in [2.05, 4.69) is 70.6 Å². The lowest BCUT2D eigenvalue weighted by Gasteiger charge is -1.97. The van der Waals surface area contributed by atoms with Crippen molar-refractivity contribution in [3.8, 4) is 42.5 Å². The van der Waals surface area contributed by atoms with Crippen molar-refractivity contribution >= 4 is 43.9 Å². The fraction of sp³-hybridized carbons (Fsp3) is 0.0833. The molecule has 0 unspecified atom stereocenters. The van der Waals surface area contributed by atoms with Crippen LogP contribution in [0.1, 0.15) is 11.1 Å². The molecule has 0 saturated heterocycles. The van der Waals surface area contributed by atoms with E-state index < -0.39 is 0 Å². The molecule has 2 aromatic carbocycles. The van der Waals surface area contributed by atoms with Gasteiger partial charge >= 0.3 is 0 Å². The molecule has 0 saturated carbocycles. The van der Waals surface area contributed by atoms with Crippen molar-refractivity contribution in [3.05, 3.63) is 71.8 Å². The standard InChI is InChI=1S/C24H16N8S3/c1-13-3-7-15(8-4-13)19-25-27-23-31(19)29-21(34-23)17-11-12-18(33-17)22-30-32-20(26-28-24(32)35-22)16-9-5-14(2)6-10-16/h3-12H,1-2H3. The Morgan fingerprint density at radius 1 is 0.514 bits per heavy atom. The molecule has 7 rings (SSSR count). The molecule has 0 aliphatic heterocycles. The predicted octanol–water partition coefficient (Wildman–Crippen LogP) is 6.03. The van der Waals surface area contributed by atoms with Gasteiger partial charge in [-0.25, -0.2) is 0 Å². The number of fused-ring (bicyclic) bond motifs is 2. The molecule has 35 heavy (non-hydrogen) atoms. The molecule has 0 radical (unpaired) electrons. The molecular weight excluding hydrogens is 497 g/mol. The minimum Gasteiger partial charge on any atom is -0.182 e. The SMILES string of the molecule is Cc1ccc(-c2nnc3sc(-c4ccc(-c5nn6c(-c7ccc(C)cc7)nnc6s5)s4)nn23)cc1. The zero-order valence-corrected chi connectivity index (χ0v) is 21.0. The van der Waals surface area contributed by atoms with Crippen LogP contribution in [0, 0.1) is 13.8 Å². The Morgan fingerprint density at radius 3 is 1.37 bits per heavy atom. The third-order valence-corrected chi connectivity index (χ3v) is 8.85. The van der Waals surface area contributed by atoms with Crippen LogP contribution in [0.15, 0.2) is 60.7 Å². The lowest BCUT2D eigenvalue weighted by atomic mass is 10.1. The smallest absolute Gasteiger partial charge is 0.182 e. The highest BCUT2D eigenvalue weighted by molar-refractivity contribution is 7.28. The number of rotatable bonds is 4. The van der Waals surface area contributed by atoms with Gasteiger partial charge in [0.25, 0.3) is 0 Å². The molecular formula is C24H16N8S3. The summed E-state index contributed by atoms with van der Waals surface area (Å²) < 4.78 is 3.64. The molecule has 170 valence electrons. The summed E-state index contributed by atoms with van der Waals surface area (Å²) in [5, 5.41) is 28.8. The number of aromatic nitrogens is 8. The fourth-order valence-electron chi connectivity index (χ4n) is 3.77. The summed E-state index contributed by atoms with van der Waals surface area (Å²) in [5.74, 6) is 1.49. The van der Waals surface area contributed by atoms with Gasteiger partial charge in [0.05, 0.1) is 9.75 Å². The summed E-state index contributed by atoms with van der Waals surface area (Å²) in [6.45, 7) is 4.14. The van der Waals surface area contributed by atoms with E-state index in [1.54, 1.807) is 11.3 Å². The van der Waals surface area contributed by atoms with Gasteiger partial charge in [-0.05, 0) is 26.0 Å². The van der Waals surface area contributed by atoms with E-state index in [-0.39, 0.29) is 0 Å². The summed E-state index contributed by atoms with van der Waals surface area (Å²) in [6.07, 6.45) is 0. The van der Waals surface area contributed by atoms with Crippen LogP contribution in [0.5, 0.6) is 0 Å². The van der Waals surface area contributed by atoms with Crippen molar-refractivity contribution in [1.82, 2.24) is 39.6 Å². The first-order chi connectivity index (χ1) is 17.1. The Morgan fingerprint density at radius 2 is 0.943 bits per heavy atom. The Labute approximate surface area is 211 Å². The fourth-order valence-corrected chi connectivity index (χ4v) is 6.55. The van der Waals surface area contributed by atoms with Gasteiger partial charge in [-0.2, -0.15) is 19.2 Å². The van der Waals surface area contributed by atoms with E-state index in [0.717, 1.165) is 52.5 Å². The second-order valence-electron chi connectivity index (χ2n) is 8.15. The molecule has 0 fully saturated rings. The van der Waals surface area contributed by atoms with Crippen LogP contribution >= 0.6 is 34.0 Å². The lowest BCUT2D eigenvalue weighted by molar-refractivity contribution is 0.972. The maximum Gasteiger partial charge on any atom is 0.235 e. The molecule has 0 N–H and O–H groups in total. The Bertz CT molecular complexity index is 1680. The van der Waals surface area contributed by atoms with E-state index in [0.29, 0.717) is 0 Å². The van der Waals surface area contributed by atoms with Gasteiger partial charge in [0.2, 0.25) is 9.92 Å². The van der Waals surface area contributed by atoms with Crippen LogP contribution in [-0.4, -0.2) is 39.6 Å². The molecule has 5 heterocycles. The number of benzene rings is 2. The van der Waals surface area contributed by atoms with Crippen LogP contribution in [0.25, 0.3) is 52.5 Å². The molecule has 0 bridgehead atoms. The monoisotopic (exact) mass is 512 g/mol. The maximum atomic E-state index is 4.82. The van der Waals surface area contributed by atoms with E-state index in [1.807, 2.05) is 33.3 Å². The highest BCUT2D eigenvalue weighted by Crippen LogP contribution is 2.38. The summed E-state index contributed by atoms with van der Waals surface area (Å²) in [5.41, 5.74) is 4.40. The summed E-state index contributed by atoms with van der Waals surface area (Å²) in [7, 11) is 0. The normalized spacial score (nSPS) is 11.7. The van der Waals surface area contributed by atoms with Crippen molar-refractivity contribution in [2.45, 2.75) is 13.8 Å². The second-order valence-corrected chi connectivity index (χ2v) is 11.1. The van der Waals surface area contributed by atoms with Crippen LogP contribution in [0.4, 0.5) is 0 Å². The first kappa shape index (κ1) is 20.6. The molecule has 7 aromatic rings. The van der Waals surface area contributed by atoms with Gasteiger partial charge in [-0.3, -0.25) is 0 Å². The molecule has 0 aliphatic carbocycles. The van der Waals surface area contributed by atoms with Gasteiger partial charge < -0.3 is 0 Å². The average Bonchev–Trinajstić information content (AvgIpc) is 3.65. The zero-order valence-electron chi connectivity index (χ0n) is 18.6. The third kappa shape index (κ3) is 3.47. The highest BCUT2D eigenvalue weighted by Gasteiger charge is 2.19. The van der Waals surface area contributed by atoms with E-state index in [4.69, 9.17) is 10.2 Å². The van der Waals surface area contributed by atoms with Crippen molar-refractivity contribution < 1.29 is 0 Å². The summed E-state index contributed by atoms with van der Waals surface area (Å²) in [4.78, 5) is 3.67. The Hall–Kier alpha value is -3.80. The minimum absolute atomic E-state index is 0.747. The van der Waals surface area contributed by atoms with Crippen molar-refractivity contribution in [2.75, 3.05) is 0 Å². The predicted molar refractivity (Wildman–Crippen MR) is 140 cm³/mol. The first-order valence-electron chi connectivity index (χ1n) is 10.8. The van der Waals surface area contributed by atoms with E-state index >= 15 is 0 Å². The van der Waals surface area contributed by atoms with Gasteiger partial charge in [-0.15, -0.1) is 31.7 Å². The van der Waals surface area contributed by atoms with Crippen molar-refractivity contribution in [2.24, 2.45) is 0 Å².